The normalized spacial score (nSPS) is 16.0. The summed E-state index contributed by atoms with van der Waals surface area (Å²) in [6, 6.07) is 13.4. The van der Waals surface area contributed by atoms with Crippen LogP contribution in [0, 0.1) is 0 Å². The van der Waals surface area contributed by atoms with Crippen molar-refractivity contribution in [1.82, 2.24) is 15.0 Å². The Kier molecular flexibility index (Phi) is 6.38. The summed E-state index contributed by atoms with van der Waals surface area (Å²) in [5.74, 6) is 0.0529. The Morgan fingerprint density at radius 2 is 1.69 bits per heavy atom. The number of alkyl halides is 3. The van der Waals surface area contributed by atoms with Gasteiger partial charge in [0.25, 0.3) is 0 Å². The maximum absolute atomic E-state index is 13.7. The van der Waals surface area contributed by atoms with Crippen molar-refractivity contribution in [3.63, 3.8) is 0 Å². The van der Waals surface area contributed by atoms with Crippen molar-refractivity contribution in [2.75, 3.05) is 24.7 Å². The third-order valence-corrected chi connectivity index (χ3v) is 5.39. The van der Waals surface area contributed by atoms with E-state index < -0.39 is 17.5 Å². The number of aromatic nitrogens is 3. The van der Waals surface area contributed by atoms with E-state index >= 15 is 0 Å². The van der Waals surface area contributed by atoms with E-state index in [1.165, 1.54) is 12.4 Å². The summed E-state index contributed by atoms with van der Waals surface area (Å²) in [7, 11) is 0. The zero-order valence-corrected chi connectivity index (χ0v) is 17.3. The van der Waals surface area contributed by atoms with Gasteiger partial charge in [-0.3, -0.25) is 4.98 Å². The van der Waals surface area contributed by atoms with Gasteiger partial charge in [0, 0.05) is 63.2 Å². The highest BCUT2D eigenvalue weighted by Crippen LogP contribution is 2.33. The third-order valence-electron chi connectivity index (χ3n) is 5.39. The summed E-state index contributed by atoms with van der Waals surface area (Å²) in [4.78, 5) is 13.8. The zero-order valence-electron chi connectivity index (χ0n) is 17.3. The molecule has 1 aliphatic heterocycles. The molecule has 1 fully saturated rings. The Labute approximate surface area is 183 Å². The zero-order chi connectivity index (χ0) is 22.6. The highest BCUT2D eigenvalue weighted by atomic mass is 19.4. The van der Waals surface area contributed by atoms with Crippen LogP contribution in [0.25, 0.3) is 11.4 Å². The molecule has 0 spiro atoms. The standard InChI is InChI=1S/C23H23F3N4O2/c24-23(25,26)19-14-20(29-21(28-19)18-6-10-27-11-7-18)30(15-17-4-2-1-3-5-17)16-22(31)8-12-32-13-9-22/h1-7,10-11,14,31H,8-9,12-13,15-16H2. The van der Waals surface area contributed by atoms with Crippen LogP contribution in [0.3, 0.4) is 0 Å². The minimum absolute atomic E-state index is 0.0470. The fraction of sp³-hybridized carbons (Fsp3) is 0.348. The number of nitrogens with zero attached hydrogens (tertiary/aromatic N) is 4. The van der Waals surface area contributed by atoms with E-state index in [4.69, 9.17) is 4.74 Å². The lowest BCUT2D eigenvalue weighted by Gasteiger charge is -2.37. The molecule has 1 aromatic carbocycles. The Bertz CT molecular complexity index is 1030. The van der Waals surface area contributed by atoms with Crippen molar-refractivity contribution in [3.8, 4) is 11.4 Å². The molecule has 0 radical (unpaired) electrons. The first-order chi connectivity index (χ1) is 15.3. The minimum atomic E-state index is -4.65. The average Bonchev–Trinajstić information content (AvgIpc) is 2.79. The average molecular weight is 444 g/mol. The second-order valence-electron chi connectivity index (χ2n) is 7.85. The van der Waals surface area contributed by atoms with Gasteiger partial charge in [-0.25, -0.2) is 9.97 Å². The molecule has 0 unspecified atom stereocenters. The van der Waals surface area contributed by atoms with Crippen LogP contribution >= 0.6 is 0 Å². The SMILES string of the molecule is OC1(CN(Cc2ccccc2)c2cc(C(F)(F)F)nc(-c3ccncc3)n2)CCOCC1. The van der Waals surface area contributed by atoms with E-state index in [2.05, 4.69) is 15.0 Å². The van der Waals surface area contributed by atoms with E-state index in [1.807, 2.05) is 30.3 Å². The number of pyridine rings is 1. The molecular weight excluding hydrogens is 421 g/mol. The molecule has 0 saturated carbocycles. The molecule has 4 rings (SSSR count). The van der Waals surface area contributed by atoms with Gasteiger partial charge < -0.3 is 14.7 Å². The van der Waals surface area contributed by atoms with Crippen LogP contribution in [-0.4, -0.2) is 45.4 Å². The summed E-state index contributed by atoms with van der Waals surface area (Å²) in [6.07, 6.45) is -0.900. The molecular formula is C23H23F3N4O2. The van der Waals surface area contributed by atoms with Crippen molar-refractivity contribution in [1.29, 1.82) is 0 Å². The quantitative estimate of drug-likeness (QED) is 0.617. The summed E-state index contributed by atoms with van der Waals surface area (Å²) >= 11 is 0. The number of benzene rings is 1. The Balaban J connectivity index is 1.77. The van der Waals surface area contributed by atoms with Gasteiger partial charge in [-0.05, 0) is 17.7 Å². The molecule has 0 aliphatic carbocycles. The number of anilines is 1. The molecule has 6 nitrogen and oxygen atoms in total. The molecule has 3 heterocycles. The second-order valence-corrected chi connectivity index (χ2v) is 7.85. The second kappa shape index (κ2) is 9.22. The van der Waals surface area contributed by atoms with Crippen LogP contribution in [0.15, 0.2) is 60.9 Å². The van der Waals surface area contributed by atoms with Gasteiger partial charge in [-0.1, -0.05) is 30.3 Å². The van der Waals surface area contributed by atoms with E-state index in [0.29, 0.717) is 31.6 Å². The number of ether oxygens (including phenoxy) is 1. The first-order valence-corrected chi connectivity index (χ1v) is 10.3. The van der Waals surface area contributed by atoms with E-state index in [-0.39, 0.29) is 24.7 Å². The molecule has 3 aromatic rings. The van der Waals surface area contributed by atoms with Crippen molar-refractivity contribution in [2.24, 2.45) is 0 Å². The summed E-state index contributed by atoms with van der Waals surface area (Å²) in [5.41, 5.74) is -0.809. The predicted molar refractivity (Wildman–Crippen MR) is 113 cm³/mol. The summed E-state index contributed by atoms with van der Waals surface area (Å²) in [6.45, 7) is 1.20. The molecule has 168 valence electrons. The number of hydrogen-bond donors (Lipinski definition) is 1. The fourth-order valence-electron chi connectivity index (χ4n) is 3.66. The highest BCUT2D eigenvalue weighted by molar-refractivity contribution is 5.57. The van der Waals surface area contributed by atoms with Crippen LogP contribution < -0.4 is 4.90 Å². The van der Waals surface area contributed by atoms with E-state index in [1.54, 1.807) is 17.0 Å². The number of hydrogen-bond acceptors (Lipinski definition) is 6. The molecule has 0 bridgehead atoms. The van der Waals surface area contributed by atoms with Crippen molar-refractivity contribution in [3.05, 3.63) is 72.2 Å². The highest BCUT2D eigenvalue weighted by Gasteiger charge is 2.36. The monoisotopic (exact) mass is 444 g/mol. The molecule has 1 N–H and O–H groups in total. The van der Waals surface area contributed by atoms with Gasteiger partial charge in [-0.15, -0.1) is 0 Å². The van der Waals surface area contributed by atoms with Crippen LogP contribution in [0.4, 0.5) is 19.0 Å². The first kappa shape index (κ1) is 22.2. The van der Waals surface area contributed by atoms with Crippen molar-refractivity contribution >= 4 is 5.82 Å². The topological polar surface area (TPSA) is 71.4 Å². The Hall–Kier alpha value is -3.04. The van der Waals surface area contributed by atoms with E-state index in [0.717, 1.165) is 11.6 Å². The number of halogens is 3. The number of aliphatic hydroxyl groups is 1. The predicted octanol–water partition coefficient (Wildman–Crippen LogP) is 4.11. The van der Waals surface area contributed by atoms with Crippen LogP contribution in [0.5, 0.6) is 0 Å². The van der Waals surface area contributed by atoms with Gasteiger partial charge >= 0.3 is 6.18 Å². The smallest absolute Gasteiger partial charge is 0.388 e. The lowest BCUT2D eigenvalue weighted by molar-refractivity contribution is -0.141. The fourth-order valence-corrected chi connectivity index (χ4v) is 3.66. The Morgan fingerprint density at radius 3 is 2.34 bits per heavy atom. The largest absolute Gasteiger partial charge is 0.433 e. The molecule has 9 heteroatoms. The molecule has 2 aromatic heterocycles. The van der Waals surface area contributed by atoms with Gasteiger partial charge in [0.05, 0.1) is 5.60 Å². The van der Waals surface area contributed by atoms with Gasteiger partial charge in [0.1, 0.15) is 5.82 Å². The van der Waals surface area contributed by atoms with Crippen molar-refractivity contribution in [2.45, 2.75) is 31.2 Å². The van der Waals surface area contributed by atoms with Gasteiger partial charge in [0.15, 0.2) is 11.5 Å². The number of rotatable bonds is 6. The van der Waals surface area contributed by atoms with Gasteiger partial charge in [-0.2, -0.15) is 13.2 Å². The van der Waals surface area contributed by atoms with E-state index in [9.17, 15) is 18.3 Å². The van der Waals surface area contributed by atoms with Gasteiger partial charge in [0.2, 0.25) is 0 Å². The minimum Gasteiger partial charge on any atom is -0.388 e. The molecule has 1 saturated heterocycles. The van der Waals surface area contributed by atoms with Crippen LogP contribution in [-0.2, 0) is 17.5 Å². The van der Waals surface area contributed by atoms with Crippen molar-refractivity contribution < 1.29 is 23.0 Å². The molecule has 0 amide bonds. The third kappa shape index (κ3) is 5.41. The Morgan fingerprint density at radius 1 is 1.00 bits per heavy atom. The molecule has 1 aliphatic rings. The lowest BCUT2D eigenvalue weighted by Crippen LogP contribution is -2.47. The molecule has 32 heavy (non-hydrogen) atoms. The summed E-state index contributed by atoms with van der Waals surface area (Å²) in [5, 5.41) is 11.1. The first-order valence-electron chi connectivity index (χ1n) is 10.3. The summed E-state index contributed by atoms with van der Waals surface area (Å²) < 4.78 is 46.5. The lowest BCUT2D eigenvalue weighted by atomic mass is 9.93. The van der Waals surface area contributed by atoms with Crippen LogP contribution in [0.2, 0.25) is 0 Å². The molecule has 0 atom stereocenters. The maximum atomic E-state index is 13.7. The maximum Gasteiger partial charge on any atom is 0.433 e. The van der Waals surface area contributed by atoms with Crippen LogP contribution in [0.1, 0.15) is 24.1 Å².